The first kappa shape index (κ1) is 32.5. The molecule has 0 fully saturated rings. The van der Waals surface area contributed by atoms with Crippen molar-refractivity contribution in [3.63, 3.8) is 0 Å². The van der Waals surface area contributed by atoms with Crippen LogP contribution in [0, 0.1) is 0 Å². The van der Waals surface area contributed by atoms with Crippen LogP contribution in [0.3, 0.4) is 0 Å². The summed E-state index contributed by atoms with van der Waals surface area (Å²) in [7, 11) is 2.20. The molecule has 0 N–H and O–H groups in total. The molecule has 0 amide bonds. The molecule has 4 aromatic carbocycles. The van der Waals surface area contributed by atoms with Crippen LogP contribution in [-0.2, 0) is 5.41 Å². The summed E-state index contributed by atoms with van der Waals surface area (Å²) in [5.41, 5.74) is 15.3. The Morgan fingerprint density at radius 2 is 1.71 bits per heavy atom. The summed E-state index contributed by atoms with van der Waals surface area (Å²) in [6.45, 7) is 15.1. The van der Waals surface area contributed by atoms with Crippen LogP contribution in [0.5, 0.6) is 0 Å². The summed E-state index contributed by atoms with van der Waals surface area (Å²) in [6, 6.07) is 29.9. The van der Waals surface area contributed by atoms with Gasteiger partial charge >= 0.3 is 0 Å². The van der Waals surface area contributed by atoms with Crippen molar-refractivity contribution in [2.45, 2.75) is 39.9 Å². The fourth-order valence-corrected chi connectivity index (χ4v) is 8.30. The molecule has 0 saturated carbocycles. The van der Waals surface area contributed by atoms with Gasteiger partial charge in [0, 0.05) is 33.1 Å². The summed E-state index contributed by atoms with van der Waals surface area (Å²) >= 11 is 1.72. The maximum atomic E-state index is 5.08. The highest BCUT2D eigenvalue weighted by atomic mass is 32.1. The standard InChI is InChI=1S/C44H37BN5S/c1-7-15-27(8-2)41-47-42(28-16-11-10-12-17-28)49-43(48-41)50-37(9-3)32(30-18-13-14-19-38(30)50)25-35(45-6)29-20-21-31-34(24-29)44(4,5)33-22-23-36-40(39(31)33)51-26-46-36/h7-26H,3H2,1-2,4-6H3/b15-7-,27-8+,35-25-. The molecule has 247 valence electrons. The van der Waals surface area contributed by atoms with Gasteiger partial charge in [0.1, 0.15) is 7.28 Å². The summed E-state index contributed by atoms with van der Waals surface area (Å²) in [5, 5.41) is 1.09. The average molecular weight is 679 g/mol. The molecule has 1 aliphatic carbocycles. The quantitative estimate of drug-likeness (QED) is 0.119. The Labute approximate surface area is 303 Å². The van der Waals surface area contributed by atoms with Crippen molar-refractivity contribution in [2.24, 2.45) is 0 Å². The Morgan fingerprint density at radius 1 is 0.902 bits per heavy atom. The minimum absolute atomic E-state index is 0.133. The fourth-order valence-electron chi connectivity index (χ4n) is 7.45. The largest absolute Gasteiger partial charge is 0.278 e. The predicted octanol–water partition coefficient (Wildman–Crippen LogP) is 11.3. The van der Waals surface area contributed by atoms with E-state index in [-0.39, 0.29) is 5.41 Å². The van der Waals surface area contributed by atoms with Gasteiger partial charge in [0.25, 0.3) is 0 Å². The Balaban J connectivity index is 1.32. The lowest BCUT2D eigenvalue weighted by Gasteiger charge is -2.22. The summed E-state index contributed by atoms with van der Waals surface area (Å²) in [6.07, 6.45) is 10.3. The van der Waals surface area contributed by atoms with Crippen LogP contribution in [0.1, 0.15) is 61.5 Å². The molecule has 0 unspecified atom stereocenters. The number of rotatable bonds is 8. The molecule has 8 rings (SSSR count). The lowest BCUT2D eigenvalue weighted by Crippen LogP contribution is -2.15. The third-order valence-electron chi connectivity index (χ3n) is 10.00. The van der Waals surface area contributed by atoms with E-state index in [1.165, 1.54) is 32.5 Å². The smallest absolute Gasteiger partial charge is 0.238 e. The van der Waals surface area contributed by atoms with Crippen molar-refractivity contribution < 1.29 is 0 Å². The number of hydrogen-bond acceptors (Lipinski definition) is 5. The zero-order chi connectivity index (χ0) is 35.3. The summed E-state index contributed by atoms with van der Waals surface area (Å²) in [5.74, 6) is 1.77. The van der Waals surface area contributed by atoms with E-state index in [1.807, 2.05) is 74.0 Å². The van der Waals surface area contributed by atoms with E-state index in [9.17, 15) is 0 Å². The second-order valence-electron chi connectivity index (χ2n) is 13.2. The molecule has 51 heavy (non-hydrogen) atoms. The SMILES string of the molecule is C=Cc1c(/C=C(\[B]C)c2ccc3c(c2)C(C)(C)c2ccc4ncsc4c2-3)c2ccccc2n1-c1nc(C(/C=C\C)=C/C)nc(-c2ccccc2)n1. The van der Waals surface area contributed by atoms with E-state index in [0.29, 0.717) is 17.6 Å². The van der Waals surface area contributed by atoms with Crippen molar-refractivity contribution in [3.8, 4) is 28.5 Å². The van der Waals surface area contributed by atoms with Gasteiger partial charge in [-0.2, -0.15) is 9.97 Å². The van der Waals surface area contributed by atoms with Crippen LogP contribution in [0.25, 0.3) is 72.8 Å². The molecule has 0 saturated heterocycles. The average Bonchev–Trinajstić information content (AvgIpc) is 3.84. The van der Waals surface area contributed by atoms with Crippen LogP contribution < -0.4 is 0 Å². The molecule has 0 spiro atoms. The van der Waals surface area contributed by atoms with E-state index in [0.717, 1.165) is 44.3 Å². The highest BCUT2D eigenvalue weighted by Crippen LogP contribution is 2.52. The van der Waals surface area contributed by atoms with Gasteiger partial charge in [0.2, 0.25) is 5.95 Å². The number of benzene rings is 4. The van der Waals surface area contributed by atoms with Gasteiger partial charge in [-0.1, -0.05) is 130 Å². The van der Waals surface area contributed by atoms with Crippen molar-refractivity contribution >= 4 is 62.9 Å². The molecule has 0 bridgehead atoms. The first-order chi connectivity index (χ1) is 24.9. The number of hydrogen-bond donors (Lipinski definition) is 0. The molecule has 0 atom stereocenters. The number of aromatic nitrogens is 5. The van der Waals surface area contributed by atoms with E-state index in [1.54, 1.807) is 11.3 Å². The fraction of sp³-hybridized carbons (Fsp3) is 0.136. The van der Waals surface area contributed by atoms with Crippen LogP contribution in [0.4, 0.5) is 0 Å². The Hall–Kier alpha value is -5.66. The Kier molecular flexibility index (Phi) is 8.24. The number of allylic oxidation sites excluding steroid dienone is 4. The van der Waals surface area contributed by atoms with Crippen molar-refractivity contribution in [1.29, 1.82) is 0 Å². The van der Waals surface area contributed by atoms with Gasteiger partial charge in [-0.15, -0.1) is 11.3 Å². The maximum Gasteiger partial charge on any atom is 0.238 e. The number of thiazole rings is 1. The van der Waals surface area contributed by atoms with Gasteiger partial charge in [-0.05, 0) is 54.3 Å². The Bertz CT molecular complexity index is 2590. The first-order valence-corrected chi connectivity index (χ1v) is 18.2. The van der Waals surface area contributed by atoms with Gasteiger partial charge < -0.3 is 0 Å². The molecule has 7 heteroatoms. The van der Waals surface area contributed by atoms with Crippen molar-refractivity contribution in [3.05, 3.63) is 149 Å². The summed E-state index contributed by atoms with van der Waals surface area (Å²) < 4.78 is 3.38. The predicted molar refractivity (Wildman–Crippen MR) is 217 cm³/mol. The van der Waals surface area contributed by atoms with Crippen molar-refractivity contribution in [2.75, 3.05) is 0 Å². The number of para-hydroxylation sites is 1. The molecule has 1 radical (unpaired) electrons. The normalized spacial score (nSPS) is 14.0. The third-order valence-corrected chi connectivity index (χ3v) is 10.9. The Morgan fingerprint density at radius 3 is 2.47 bits per heavy atom. The highest BCUT2D eigenvalue weighted by Gasteiger charge is 2.37. The van der Waals surface area contributed by atoms with Gasteiger partial charge in [-0.3, -0.25) is 4.57 Å². The molecule has 3 aromatic heterocycles. The van der Waals surface area contributed by atoms with Crippen LogP contribution in [-0.4, -0.2) is 31.8 Å². The summed E-state index contributed by atoms with van der Waals surface area (Å²) in [4.78, 5) is 19.7. The number of nitrogens with zero attached hydrogens (tertiary/aromatic N) is 5. The van der Waals surface area contributed by atoms with E-state index < -0.39 is 0 Å². The second-order valence-corrected chi connectivity index (χ2v) is 14.1. The van der Waals surface area contributed by atoms with Gasteiger partial charge in [-0.25, -0.2) is 9.97 Å². The second kappa shape index (κ2) is 12.9. The molecule has 1 aliphatic rings. The molecular weight excluding hydrogens is 641 g/mol. The highest BCUT2D eigenvalue weighted by molar-refractivity contribution is 7.17. The molecule has 3 heterocycles. The molecule has 7 aromatic rings. The zero-order valence-electron chi connectivity index (χ0n) is 29.5. The van der Waals surface area contributed by atoms with E-state index in [2.05, 4.69) is 105 Å². The van der Waals surface area contributed by atoms with Crippen LogP contribution in [0.15, 0.2) is 115 Å². The molecule has 5 nitrogen and oxygen atoms in total. The molecular formula is C44H37BN5S. The van der Waals surface area contributed by atoms with E-state index in [4.69, 9.17) is 15.0 Å². The van der Waals surface area contributed by atoms with Gasteiger partial charge in [0.05, 0.1) is 26.9 Å². The lowest BCUT2D eigenvalue weighted by molar-refractivity contribution is 0.660. The minimum Gasteiger partial charge on any atom is -0.278 e. The minimum atomic E-state index is -0.133. The monoisotopic (exact) mass is 678 g/mol. The lowest BCUT2D eigenvalue weighted by atomic mass is 9.67. The molecule has 0 aliphatic heterocycles. The number of fused-ring (bicyclic) bond motifs is 6. The zero-order valence-corrected chi connectivity index (χ0v) is 30.3. The maximum absolute atomic E-state index is 5.08. The van der Waals surface area contributed by atoms with Gasteiger partial charge in [0.15, 0.2) is 11.6 Å². The third kappa shape index (κ3) is 5.31. The van der Waals surface area contributed by atoms with Crippen molar-refractivity contribution in [1.82, 2.24) is 24.5 Å². The first-order valence-electron chi connectivity index (χ1n) is 17.3. The van der Waals surface area contributed by atoms with Crippen LogP contribution in [0.2, 0.25) is 6.82 Å². The van der Waals surface area contributed by atoms with Crippen LogP contribution >= 0.6 is 11.3 Å². The topological polar surface area (TPSA) is 56.5 Å². The van der Waals surface area contributed by atoms with E-state index >= 15 is 0 Å².